The molecular formula is C12H16F3N3O2. The third-order valence-corrected chi connectivity index (χ3v) is 3.91. The van der Waals surface area contributed by atoms with E-state index in [2.05, 4.69) is 9.84 Å². The van der Waals surface area contributed by atoms with E-state index in [1.165, 1.54) is 13.1 Å². The van der Waals surface area contributed by atoms with Gasteiger partial charge in [-0.3, -0.25) is 9.42 Å². The van der Waals surface area contributed by atoms with Crippen LogP contribution in [0.5, 0.6) is 5.75 Å². The van der Waals surface area contributed by atoms with Crippen LogP contribution in [0.4, 0.5) is 13.2 Å². The summed E-state index contributed by atoms with van der Waals surface area (Å²) >= 11 is 0. The Morgan fingerprint density at radius 1 is 1.45 bits per heavy atom. The second kappa shape index (κ2) is 4.11. The van der Waals surface area contributed by atoms with Gasteiger partial charge in [-0.25, -0.2) is 0 Å². The number of halogens is 3. The molecule has 1 heterocycles. The number of aromatic nitrogens is 2. The first kappa shape index (κ1) is 13.7. The first-order chi connectivity index (χ1) is 9.20. The van der Waals surface area contributed by atoms with Crippen molar-refractivity contribution < 1.29 is 22.6 Å². The average Bonchev–Trinajstić information content (AvgIpc) is 2.68. The zero-order valence-corrected chi connectivity index (χ0v) is 11.0. The van der Waals surface area contributed by atoms with Crippen molar-refractivity contribution in [2.45, 2.75) is 49.7 Å². The number of nitrogens with two attached hydrogens (primary N) is 1. The Labute approximate surface area is 113 Å². The van der Waals surface area contributed by atoms with Gasteiger partial charge < -0.3 is 10.5 Å². The molecule has 3 fully saturated rings. The Kier molecular flexibility index (Phi) is 2.81. The second-order valence-corrected chi connectivity index (χ2v) is 5.92. The monoisotopic (exact) mass is 291 g/mol. The van der Waals surface area contributed by atoms with E-state index < -0.39 is 19.1 Å². The lowest BCUT2D eigenvalue weighted by atomic mass is 9.45. The quantitative estimate of drug-likeness (QED) is 0.898. The van der Waals surface area contributed by atoms with Gasteiger partial charge in [0.2, 0.25) is 0 Å². The molecule has 3 saturated carbocycles. The fraction of sp³-hybridized carbons (Fsp3) is 0.750. The SMILES string of the molecule is C[C@@H](COC(F)(F)F)Oc1cnn(C23CC(N)(C2)C3)c1. The third-order valence-electron chi connectivity index (χ3n) is 3.91. The normalized spacial score (nSPS) is 33.2. The Morgan fingerprint density at radius 3 is 2.65 bits per heavy atom. The molecule has 0 spiro atoms. The standard InChI is InChI=1S/C12H16F3N3O2/c1-8(4-19-12(13,14)15)20-9-2-17-18(3-9)11-5-10(16,6-11)7-11/h2-3,8H,4-7,16H2,1H3/t8-,10?,11?/m0/s1. The minimum Gasteiger partial charge on any atom is -0.485 e. The van der Waals surface area contributed by atoms with Crippen LogP contribution in [-0.4, -0.2) is 34.4 Å². The van der Waals surface area contributed by atoms with Crippen LogP contribution >= 0.6 is 0 Å². The molecule has 112 valence electrons. The van der Waals surface area contributed by atoms with Crippen molar-refractivity contribution in [1.29, 1.82) is 0 Å². The summed E-state index contributed by atoms with van der Waals surface area (Å²) in [5, 5.41) is 4.21. The molecule has 3 aliphatic carbocycles. The van der Waals surface area contributed by atoms with Crippen LogP contribution in [0, 0.1) is 0 Å². The van der Waals surface area contributed by atoms with E-state index in [0.29, 0.717) is 5.75 Å². The predicted octanol–water partition coefficient (Wildman–Crippen LogP) is 1.78. The number of hydrogen-bond donors (Lipinski definition) is 1. The molecule has 2 N–H and O–H groups in total. The van der Waals surface area contributed by atoms with Gasteiger partial charge in [-0.2, -0.15) is 5.10 Å². The number of alkyl halides is 3. The highest BCUT2D eigenvalue weighted by atomic mass is 19.4. The van der Waals surface area contributed by atoms with Gasteiger partial charge in [0.15, 0.2) is 5.75 Å². The Morgan fingerprint density at radius 2 is 2.10 bits per heavy atom. The molecule has 4 rings (SSSR count). The maximum Gasteiger partial charge on any atom is 0.522 e. The summed E-state index contributed by atoms with van der Waals surface area (Å²) in [5.41, 5.74) is 5.96. The van der Waals surface area contributed by atoms with Crippen molar-refractivity contribution in [3.63, 3.8) is 0 Å². The van der Waals surface area contributed by atoms with E-state index in [1.807, 2.05) is 4.68 Å². The Bertz CT molecular complexity index is 495. The summed E-state index contributed by atoms with van der Waals surface area (Å²) in [6.07, 6.45) is 0.568. The fourth-order valence-corrected chi connectivity index (χ4v) is 3.16. The van der Waals surface area contributed by atoms with Gasteiger partial charge in [0.25, 0.3) is 0 Å². The van der Waals surface area contributed by atoms with Crippen LogP contribution in [0.1, 0.15) is 26.2 Å². The van der Waals surface area contributed by atoms with Crippen molar-refractivity contribution in [3.8, 4) is 5.75 Å². The van der Waals surface area contributed by atoms with Crippen LogP contribution in [0.2, 0.25) is 0 Å². The van der Waals surface area contributed by atoms with Gasteiger partial charge >= 0.3 is 6.36 Å². The minimum absolute atomic E-state index is 0.00205. The Hall–Kier alpha value is -1.28. The average molecular weight is 291 g/mol. The van der Waals surface area contributed by atoms with E-state index in [9.17, 15) is 13.2 Å². The van der Waals surface area contributed by atoms with E-state index in [1.54, 1.807) is 6.20 Å². The summed E-state index contributed by atoms with van der Waals surface area (Å²) in [4.78, 5) is 0. The topological polar surface area (TPSA) is 62.3 Å². The molecule has 1 atom stereocenters. The van der Waals surface area contributed by atoms with Crippen molar-refractivity contribution in [2.24, 2.45) is 5.73 Å². The summed E-state index contributed by atoms with van der Waals surface area (Å²) in [7, 11) is 0. The number of ether oxygens (including phenoxy) is 2. The van der Waals surface area contributed by atoms with Crippen LogP contribution in [-0.2, 0) is 10.3 Å². The first-order valence-electron chi connectivity index (χ1n) is 6.41. The molecule has 0 radical (unpaired) electrons. The maximum atomic E-state index is 11.9. The lowest BCUT2D eigenvalue weighted by Gasteiger charge is -2.68. The molecule has 0 aromatic carbocycles. The summed E-state index contributed by atoms with van der Waals surface area (Å²) < 4.78 is 46.6. The zero-order chi connectivity index (χ0) is 14.6. The Balaban J connectivity index is 1.53. The van der Waals surface area contributed by atoms with Gasteiger partial charge in [0.1, 0.15) is 6.10 Å². The summed E-state index contributed by atoms with van der Waals surface area (Å²) in [6.45, 7) is 0.963. The highest BCUT2D eigenvalue weighted by Gasteiger charge is 2.67. The van der Waals surface area contributed by atoms with E-state index in [4.69, 9.17) is 10.5 Å². The molecule has 8 heteroatoms. The highest BCUT2D eigenvalue weighted by Crippen LogP contribution is 2.63. The summed E-state index contributed by atoms with van der Waals surface area (Å²) in [6, 6.07) is 0. The molecule has 5 nitrogen and oxygen atoms in total. The van der Waals surface area contributed by atoms with Crippen LogP contribution in [0.15, 0.2) is 12.4 Å². The summed E-state index contributed by atoms with van der Waals surface area (Å²) in [5.74, 6) is 0.444. The van der Waals surface area contributed by atoms with E-state index in [0.717, 1.165) is 19.3 Å². The largest absolute Gasteiger partial charge is 0.522 e. The zero-order valence-electron chi connectivity index (χ0n) is 11.0. The van der Waals surface area contributed by atoms with Crippen molar-refractivity contribution in [1.82, 2.24) is 9.78 Å². The third kappa shape index (κ3) is 2.37. The fourth-order valence-electron chi connectivity index (χ4n) is 3.16. The van der Waals surface area contributed by atoms with Crippen LogP contribution < -0.4 is 10.5 Å². The lowest BCUT2D eigenvalue weighted by Crippen LogP contribution is -2.76. The molecule has 0 aliphatic heterocycles. The highest BCUT2D eigenvalue weighted by molar-refractivity contribution is 5.27. The number of nitrogens with zero attached hydrogens (tertiary/aromatic N) is 2. The maximum absolute atomic E-state index is 11.9. The molecule has 0 amide bonds. The van der Waals surface area contributed by atoms with Gasteiger partial charge in [0, 0.05) is 5.54 Å². The molecule has 1 aromatic heterocycles. The predicted molar refractivity (Wildman–Crippen MR) is 63.1 cm³/mol. The van der Waals surface area contributed by atoms with Gasteiger partial charge in [-0.05, 0) is 26.2 Å². The molecule has 20 heavy (non-hydrogen) atoms. The number of rotatable bonds is 5. The first-order valence-corrected chi connectivity index (χ1v) is 6.41. The van der Waals surface area contributed by atoms with Crippen molar-refractivity contribution in [2.75, 3.05) is 6.61 Å². The van der Waals surface area contributed by atoms with E-state index in [-0.39, 0.29) is 11.1 Å². The molecule has 0 unspecified atom stereocenters. The second-order valence-electron chi connectivity index (χ2n) is 5.92. The molecule has 2 bridgehead atoms. The van der Waals surface area contributed by atoms with Crippen molar-refractivity contribution >= 4 is 0 Å². The van der Waals surface area contributed by atoms with Crippen LogP contribution in [0.3, 0.4) is 0 Å². The number of hydrogen-bond acceptors (Lipinski definition) is 4. The van der Waals surface area contributed by atoms with E-state index >= 15 is 0 Å². The minimum atomic E-state index is -4.64. The van der Waals surface area contributed by atoms with Gasteiger partial charge in [-0.15, -0.1) is 13.2 Å². The molecular weight excluding hydrogens is 275 g/mol. The van der Waals surface area contributed by atoms with Crippen LogP contribution in [0.25, 0.3) is 0 Å². The molecule has 0 saturated heterocycles. The van der Waals surface area contributed by atoms with Gasteiger partial charge in [-0.1, -0.05) is 0 Å². The van der Waals surface area contributed by atoms with Gasteiger partial charge in [0.05, 0.1) is 24.5 Å². The smallest absolute Gasteiger partial charge is 0.485 e. The van der Waals surface area contributed by atoms with Crippen molar-refractivity contribution in [3.05, 3.63) is 12.4 Å². The molecule has 1 aromatic rings. The molecule has 3 aliphatic rings. The lowest BCUT2D eigenvalue weighted by molar-refractivity contribution is -0.329.